The highest BCUT2D eigenvalue weighted by atomic mass is 19.4. The molecule has 9 nitrogen and oxygen atoms in total. The van der Waals surface area contributed by atoms with Gasteiger partial charge in [0.05, 0.1) is 31.5 Å². The Morgan fingerprint density at radius 2 is 1.97 bits per heavy atom. The van der Waals surface area contributed by atoms with Crippen molar-refractivity contribution in [3.8, 4) is 0 Å². The van der Waals surface area contributed by atoms with Crippen LogP contribution in [0.25, 0.3) is 0 Å². The third kappa shape index (κ3) is 6.67. The zero-order valence-electron chi connectivity index (χ0n) is 18.5. The van der Waals surface area contributed by atoms with Gasteiger partial charge in [-0.05, 0) is 25.5 Å². The van der Waals surface area contributed by atoms with Crippen molar-refractivity contribution in [2.75, 3.05) is 49.6 Å². The van der Waals surface area contributed by atoms with E-state index in [1.807, 2.05) is 25.3 Å². The number of hydrogen-bond donors (Lipinski definition) is 2. The lowest BCUT2D eigenvalue weighted by Gasteiger charge is -2.35. The molecule has 3 heterocycles. The third-order valence-electron chi connectivity index (χ3n) is 5.22. The first-order chi connectivity index (χ1) is 15.6. The predicted molar refractivity (Wildman–Crippen MR) is 116 cm³/mol. The fourth-order valence-corrected chi connectivity index (χ4v) is 3.51. The van der Waals surface area contributed by atoms with Gasteiger partial charge in [0.15, 0.2) is 0 Å². The normalized spacial score (nSPS) is 15.4. The summed E-state index contributed by atoms with van der Waals surface area (Å²) in [5.74, 6) is 0.854. The van der Waals surface area contributed by atoms with Crippen molar-refractivity contribution in [2.24, 2.45) is 0 Å². The van der Waals surface area contributed by atoms with Gasteiger partial charge in [-0.3, -0.25) is 9.59 Å². The number of rotatable bonds is 8. The molecule has 0 spiro atoms. The average molecular weight is 468 g/mol. The Morgan fingerprint density at radius 1 is 1.24 bits per heavy atom. The van der Waals surface area contributed by atoms with E-state index in [4.69, 9.17) is 4.74 Å². The number of piperazine rings is 1. The van der Waals surface area contributed by atoms with Crippen molar-refractivity contribution in [3.05, 3.63) is 46.0 Å². The molecule has 1 saturated heterocycles. The number of nitrogens with one attached hydrogen (secondary N) is 2. The van der Waals surface area contributed by atoms with E-state index in [-0.39, 0.29) is 25.5 Å². The summed E-state index contributed by atoms with van der Waals surface area (Å²) in [4.78, 5) is 32.3. The number of amides is 1. The number of pyridine rings is 1. The van der Waals surface area contributed by atoms with Gasteiger partial charge < -0.3 is 19.9 Å². The second kappa shape index (κ2) is 10.6. The Kier molecular flexibility index (Phi) is 7.90. The molecule has 1 aliphatic rings. The van der Waals surface area contributed by atoms with E-state index >= 15 is 0 Å². The van der Waals surface area contributed by atoms with Crippen LogP contribution in [0.1, 0.15) is 24.5 Å². The molecule has 1 atom stereocenters. The maximum Gasteiger partial charge on any atom is 0.423 e. The highest BCUT2D eigenvalue weighted by Crippen LogP contribution is 2.31. The lowest BCUT2D eigenvalue weighted by Crippen LogP contribution is -2.49. The fourth-order valence-electron chi connectivity index (χ4n) is 3.51. The number of carbonyl (C=O) groups excluding carboxylic acids is 1. The molecule has 1 amide bonds. The number of anilines is 2. The molecule has 0 aromatic carbocycles. The third-order valence-corrected chi connectivity index (χ3v) is 5.22. The summed E-state index contributed by atoms with van der Waals surface area (Å²) < 4.78 is 44.8. The lowest BCUT2D eigenvalue weighted by atomic mass is 10.2. The summed E-state index contributed by atoms with van der Waals surface area (Å²) in [5, 5.41) is 7.80. The largest absolute Gasteiger partial charge is 0.423 e. The molecule has 0 saturated carbocycles. The fraction of sp³-hybridized carbons (Fsp3) is 0.524. The lowest BCUT2D eigenvalue weighted by molar-refractivity contribution is -0.138. The van der Waals surface area contributed by atoms with E-state index in [9.17, 15) is 22.8 Å². The van der Waals surface area contributed by atoms with Gasteiger partial charge in [0.1, 0.15) is 11.4 Å². The summed E-state index contributed by atoms with van der Waals surface area (Å²) in [6.45, 7) is 6.34. The number of aryl methyl sites for hydroxylation is 1. The Balaban J connectivity index is 1.39. The number of H-pyrrole nitrogens is 1. The van der Waals surface area contributed by atoms with E-state index in [2.05, 4.69) is 20.3 Å². The van der Waals surface area contributed by atoms with E-state index in [1.165, 1.54) is 0 Å². The minimum Gasteiger partial charge on any atom is -0.379 e. The van der Waals surface area contributed by atoms with Gasteiger partial charge in [0.25, 0.3) is 5.56 Å². The number of alkyl halides is 3. The van der Waals surface area contributed by atoms with Crippen LogP contribution in [0.15, 0.2) is 29.3 Å². The average Bonchev–Trinajstić information content (AvgIpc) is 2.76. The molecule has 1 fully saturated rings. The van der Waals surface area contributed by atoms with Crippen LogP contribution in [0.4, 0.5) is 24.7 Å². The molecule has 0 aliphatic carbocycles. The number of aromatic amines is 1. The summed E-state index contributed by atoms with van der Waals surface area (Å²) in [6.07, 6.45) is -1.91. The standard InChI is InChI=1S/C21H27F3N6O3/c1-14-3-4-17(25-11-14)29-6-8-30(9-7-29)18(31)5-10-33-13-15(2)27-16-12-26-28-20(32)19(16)21(22,23)24/h3-4,11-12,15H,5-10,13H2,1-2H3,(H2,27,28,32). The van der Waals surface area contributed by atoms with Gasteiger partial charge in [-0.15, -0.1) is 0 Å². The molecule has 0 bridgehead atoms. The van der Waals surface area contributed by atoms with Gasteiger partial charge in [0.2, 0.25) is 5.91 Å². The van der Waals surface area contributed by atoms with Crippen molar-refractivity contribution in [2.45, 2.75) is 32.5 Å². The van der Waals surface area contributed by atoms with Crippen LogP contribution < -0.4 is 15.8 Å². The number of nitrogens with zero attached hydrogens (tertiary/aromatic N) is 4. The van der Waals surface area contributed by atoms with Crippen molar-refractivity contribution in [3.63, 3.8) is 0 Å². The SMILES string of the molecule is Cc1ccc(N2CCN(C(=O)CCOCC(C)Nc3cn[nH]c(=O)c3C(F)(F)F)CC2)nc1. The highest BCUT2D eigenvalue weighted by Gasteiger charge is 2.37. The Hall–Kier alpha value is -3.15. The zero-order valence-corrected chi connectivity index (χ0v) is 18.5. The molecule has 1 unspecified atom stereocenters. The second-order valence-corrected chi connectivity index (χ2v) is 7.92. The van der Waals surface area contributed by atoms with Gasteiger partial charge >= 0.3 is 6.18 Å². The molecule has 2 aromatic heterocycles. The Labute approximate surface area is 188 Å². The van der Waals surface area contributed by atoms with Gasteiger partial charge in [-0.2, -0.15) is 18.3 Å². The molecule has 2 N–H and O–H groups in total. The van der Waals surface area contributed by atoms with Crippen LogP contribution in [0.2, 0.25) is 0 Å². The molecule has 12 heteroatoms. The van der Waals surface area contributed by atoms with Crippen molar-refractivity contribution >= 4 is 17.4 Å². The summed E-state index contributed by atoms with van der Waals surface area (Å²) in [7, 11) is 0. The second-order valence-electron chi connectivity index (χ2n) is 7.92. The molecule has 3 rings (SSSR count). The number of carbonyl (C=O) groups is 1. The number of aromatic nitrogens is 3. The molecule has 180 valence electrons. The quantitative estimate of drug-likeness (QED) is 0.572. The minimum absolute atomic E-state index is 0.0368. The highest BCUT2D eigenvalue weighted by molar-refractivity contribution is 5.76. The van der Waals surface area contributed by atoms with Crippen LogP contribution in [-0.4, -0.2) is 71.4 Å². The van der Waals surface area contributed by atoms with Gasteiger partial charge in [-0.25, -0.2) is 10.1 Å². The first-order valence-corrected chi connectivity index (χ1v) is 10.6. The molecular formula is C21H27F3N6O3. The molecule has 2 aromatic rings. The van der Waals surface area contributed by atoms with Crippen LogP contribution in [0.3, 0.4) is 0 Å². The number of ether oxygens (including phenoxy) is 1. The summed E-state index contributed by atoms with van der Waals surface area (Å²) >= 11 is 0. The van der Waals surface area contributed by atoms with Crippen LogP contribution in [0.5, 0.6) is 0 Å². The molecule has 33 heavy (non-hydrogen) atoms. The van der Waals surface area contributed by atoms with Crippen LogP contribution in [-0.2, 0) is 15.7 Å². The zero-order chi connectivity index (χ0) is 24.0. The topological polar surface area (TPSA) is 103 Å². The first-order valence-electron chi connectivity index (χ1n) is 10.6. The minimum atomic E-state index is -4.81. The number of hydrogen-bond acceptors (Lipinski definition) is 7. The van der Waals surface area contributed by atoms with E-state index in [1.54, 1.807) is 16.9 Å². The van der Waals surface area contributed by atoms with Crippen molar-refractivity contribution in [1.82, 2.24) is 20.1 Å². The van der Waals surface area contributed by atoms with Crippen molar-refractivity contribution < 1.29 is 22.7 Å². The maximum atomic E-state index is 13.1. The summed E-state index contributed by atoms with van der Waals surface area (Å²) in [6, 6.07) is 3.44. The van der Waals surface area contributed by atoms with Gasteiger partial charge in [-0.1, -0.05) is 6.07 Å². The smallest absolute Gasteiger partial charge is 0.379 e. The summed E-state index contributed by atoms with van der Waals surface area (Å²) in [5.41, 5.74) is -1.98. The molecule has 0 radical (unpaired) electrons. The Bertz CT molecular complexity index is 988. The van der Waals surface area contributed by atoms with Crippen molar-refractivity contribution in [1.29, 1.82) is 0 Å². The van der Waals surface area contributed by atoms with E-state index in [0.29, 0.717) is 26.2 Å². The van der Waals surface area contributed by atoms with Crippen LogP contribution in [0, 0.1) is 6.92 Å². The predicted octanol–water partition coefficient (Wildman–Crippen LogP) is 2.05. The molecular weight excluding hydrogens is 441 g/mol. The monoisotopic (exact) mass is 468 g/mol. The Morgan fingerprint density at radius 3 is 2.61 bits per heavy atom. The number of halogens is 3. The van der Waals surface area contributed by atoms with E-state index in [0.717, 1.165) is 17.6 Å². The first kappa shape index (κ1) is 24.5. The van der Waals surface area contributed by atoms with Crippen LogP contribution >= 0.6 is 0 Å². The van der Waals surface area contributed by atoms with Gasteiger partial charge in [0, 0.05) is 38.4 Å². The maximum absolute atomic E-state index is 13.1. The van der Waals surface area contributed by atoms with E-state index < -0.39 is 29.0 Å². The molecule has 1 aliphatic heterocycles.